The maximum atomic E-state index is 12.2. The van der Waals surface area contributed by atoms with Gasteiger partial charge in [0.2, 0.25) is 0 Å². The molecule has 2 rings (SSSR count). The van der Waals surface area contributed by atoms with Crippen LogP contribution in [0.15, 0.2) is 42.5 Å². The topological polar surface area (TPSA) is 50.4 Å². The zero-order valence-electron chi connectivity index (χ0n) is 11.5. The fourth-order valence-corrected chi connectivity index (χ4v) is 2.55. The minimum absolute atomic E-state index is 0.116. The van der Waals surface area contributed by atoms with Crippen molar-refractivity contribution in [2.24, 2.45) is 0 Å². The van der Waals surface area contributed by atoms with Gasteiger partial charge < -0.3 is 10.1 Å². The molecule has 0 unspecified atom stereocenters. The van der Waals surface area contributed by atoms with Gasteiger partial charge in [-0.3, -0.25) is 10.1 Å². The highest BCUT2D eigenvalue weighted by atomic mass is 35.5. The molecular formula is C15H12Cl2N2O2S. The number of benzene rings is 2. The van der Waals surface area contributed by atoms with Crippen LogP contribution in [0.5, 0.6) is 5.75 Å². The van der Waals surface area contributed by atoms with E-state index in [-0.39, 0.29) is 20.7 Å². The van der Waals surface area contributed by atoms with E-state index in [1.165, 1.54) is 0 Å². The van der Waals surface area contributed by atoms with Crippen LogP contribution in [0.2, 0.25) is 10.0 Å². The first-order valence-electron chi connectivity index (χ1n) is 6.22. The average molecular weight is 355 g/mol. The molecule has 0 saturated heterocycles. The minimum Gasteiger partial charge on any atom is -0.495 e. The lowest BCUT2D eigenvalue weighted by molar-refractivity contribution is 0.0978. The lowest BCUT2D eigenvalue weighted by Crippen LogP contribution is -2.34. The van der Waals surface area contributed by atoms with Gasteiger partial charge in [-0.25, -0.2) is 0 Å². The highest BCUT2D eigenvalue weighted by Gasteiger charge is 2.16. The molecule has 114 valence electrons. The normalized spacial score (nSPS) is 9.95. The number of hydrogen-bond donors (Lipinski definition) is 2. The molecule has 0 heterocycles. The predicted molar refractivity (Wildman–Crippen MR) is 93.1 cm³/mol. The van der Waals surface area contributed by atoms with Crippen molar-refractivity contribution < 1.29 is 9.53 Å². The summed E-state index contributed by atoms with van der Waals surface area (Å²) < 4.78 is 5.20. The van der Waals surface area contributed by atoms with E-state index in [2.05, 4.69) is 10.6 Å². The lowest BCUT2D eigenvalue weighted by atomic mass is 10.2. The number of carbonyl (C=O) groups is 1. The van der Waals surface area contributed by atoms with E-state index in [4.69, 9.17) is 40.2 Å². The third kappa shape index (κ3) is 3.88. The highest BCUT2D eigenvalue weighted by molar-refractivity contribution is 7.80. The van der Waals surface area contributed by atoms with Gasteiger partial charge in [0.25, 0.3) is 5.91 Å². The number of amides is 1. The molecule has 0 spiro atoms. The molecule has 7 heteroatoms. The first-order chi connectivity index (χ1) is 10.5. The molecule has 2 aromatic rings. The Kier molecular flexibility index (Phi) is 5.60. The molecule has 0 aliphatic carbocycles. The number of anilines is 1. The number of carbonyl (C=O) groups excluding carboxylic acids is 1. The van der Waals surface area contributed by atoms with Crippen molar-refractivity contribution in [2.45, 2.75) is 0 Å². The number of halogens is 2. The minimum atomic E-state index is -0.483. The zero-order valence-corrected chi connectivity index (χ0v) is 13.9. The van der Waals surface area contributed by atoms with Gasteiger partial charge in [-0.2, -0.15) is 0 Å². The predicted octanol–water partition coefficient (Wildman–Crippen LogP) is 4.13. The Labute approximate surface area is 143 Å². The largest absolute Gasteiger partial charge is 0.495 e. The molecular weight excluding hydrogens is 343 g/mol. The number of methoxy groups -OCH3 is 1. The molecule has 2 aromatic carbocycles. The highest BCUT2D eigenvalue weighted by Crippen LogP contribution is 2.25. The van der Waals surface area contributed by atoms with Gasteiger partial charge in [-0.05, 0) is 36.5 Å². The Hall–Kier alpha value is -1.82. The Morgan fingerprint density at radius 3 is 2.36 bits per heavy atom. The van der Waals surface area contributed by atoms with Crippen LogP contribution in [0.4, 0.5) is 5.69 Å². The Balaban J connectivity index is 2.11. The molecule has 0 radical (unpaired) electrons. The summed E-state index contributed by atoms with van der Waals surface area (Å²) in [5, 5.41) is 6.05. The van der Waals surface area contributed by atoms with E-state index in [1.54, 1.807) is 37.4 Å². The van der Waals surface area contributed by atoms with Gasteiger partial charge in [0, 0.05) is 0 Å². The molecule has 0 bridgehead atoms. The first-order valence-corrected chi connectivity index (χ1v) is 7.38. The summed E-state index contributed by atoms with van der Waals surface area (Å²) in [5.41, 5.74) is 0.815. The Morgan fingerprint density at radius 2 is 1.73 bits per heavy atom. The second-order valence-electron chi connectivity index (χ2n) is 4.21. The van der Waals surface area contributed by atoms with Crippen molar-refractivity contribution in [3.05, 3.63) is 58.1 Å². The van der Waals surface area contributed by atoms with Crippen LogP contribution in [-0.4, -0.2) is 18.1 Å². The van der Waals surface area contributed by atoms with Gasteiger partial charge in [0.1, 0.15) is 5.75 Å². The van der Waals surface area contributed by atoms with Crippen LogP contribution in [0, 0.1) is 0 Å². The molecule has 0 aliphatic heterocycles. The maximum absolute atomic E-state index is 12.2. The summed E-state index contributed by atoms with van der Waals surface area (Å²) in [7, 11) is 1.55. The SMILES string of the molecule is COc1ccccc1NC(=S)NC(=O)c1c(Cl)cccc1Cl. The number of hydrogen-bond acceptors (Lipinski definition) is 3. The summed E-state index contributed by atoms with van der Waals surface area (Å²) in [6.45, 7) is 0. The van der Waals surface area contributed by atoms with Crippen LogP contribution >= 0.6 is 35.4 Å². The molecule has 0 saturated carbocycles. The molecule has 0 fully saturated rings. The number of rotatable bonds is 3. The second kappa shape index (κ2) is 7.45. The van der Waals surface area contributed by atoms with Crippen LogP contribution < -0.4 is 15.4 Å². The van der Waals surface area contributed by atoms with Gasteiger partial charge in [0.05, 0.1) is 28.4 Å². The third-order valence-electron chi connectivity index (χ3n) is 2.77. The van der Waals surface area contributed by atoms with E-state index >= 15 is 0 Å². The van der Waals surface area contributed by atoms with Crippen molar-refractivity contribution in [1.82, 2.24) is 5.32 Å². The quantitative estimate of drug-likeness (QED) is 0.813. The summed E-state index contributed by atoms with van der Waals surface area (Å²) >= 11 is 17.1. The summed E-state index contributed by atoms with van der Waals surface area (Å²) in [6, 6.07) is 12.0. The molecule has 0 aromatic heterocycles. The number of para-hydroxylation sites is 2. The monoisotopic (exact) mass is 354 g/mol. The first kappa shape index (κ1) is 16.5. The van der Waals surface area contributed by atoms with Crippen LogP contribution in [0.1, 0.15) is 10.4 Å². The summed E-state index contributed by atoms with van der Waals surface area (Å²) in [6.07, 6.45) is 0. The molecule has 1 amide bonds. The van der Waals surface area contributed by atoms with E-state index in [0.29, 0.717) is 11.4 Å². The number of thiocarbonyl (C=S) groups is 1. The summed E-state index contributed by atoms with van der Waals surface area (Å²) in [5.74, 6) is 0.123. The van der Waals surface area contributed by atoms with Crippen LogP contribution in [0.3, 0.4) is 0 Å². The van der Waals surface area contributed by atoms with E-state index in [1.807, 2.05) is 12.1 Å². The van der Waals surface area contributed by atoms with Crippen molar-refractivity contribution in [1.29, 1.82) is 0 Å². The standard InChI is InChI=1S/C15H12Cl2N2O2S/c1-21-12-8-3-2-7-11(12)18-15(22)19-14(20)13-9(16)5-4-6-10(13)17/h2-8H,1H3,(H2,18,19,20,22). The average Bonchev–Trinajstić information content (AvgIpc) is 2.47. The van der Waals surface area contributed by atoms with Crippen molar-refractivity contribution >= 4 is 52.1 Å². The van der Waals surface area contributed by atoms with Gasteiger partial charge in [-0.15, -0.1) is 0 Å². The molecule has 22 heavy (non-hydrogen) atoms. The van der Waals surface area contributed by atoms with E-state index < -0.39 is 5.91 Å². The van der Waals surface area contributed by atoms with E-state index in [0.717, 1.165) is 0 Å². The van der Waals surface area contributed by atoms with Crippen molar-refractivity contribution in [3.8, 4) is 5.75 Å². The van der Waals surface area contributed by atoms with Crippen LogP contribution in [0.25, 0.3) is 0 Å². The lowest BCUT2D eigenvalue weighted by Gasteiger charge is -2.13. The Morgan fingerprint density at radius 1 is 1.09 bits per heavy atom. The maximum Gasteiger partial charge on any atom is 0.260 e. The Bertz CT molecular complexity index is 702. The molecule has 2 N–H and O–H groups in total. The number of nitrogens with one attached hydrogen (secondary N) is 2. The zero-order chi connectivity index (χ0) is 16.1. The smallest absolute Gasteiger partial charge is 0.260 e. The van der Waals surface area contributed by atoms with Crippen LogP contribution in [-0.2, 0) is 0 Å². The van der Waals surface area contributed by atoms with Crippen molar-refractivity contribution in [2.75, 3.05) is 12.4 Å². The molecule has 0 atom stereocenters. The van der Waals surface area contributed by atoms with Crippen molar-refractivity contribution in [3.63, 3.8) is 0 Å². The molecule has 4 nitrogen and oxygen atoms in total. The van der Waals surface area contributed by atoms with Gasteiger partial charge >= 0.3 is 0 Å². The number of ether oxygens (including phenoxy) is 1. The fraction of sp³-hybridized carbons (Fsp3) is 0.0667. The second-order valence-corrected chi connectivity index (χ2v) is 5.43. The fourth-order valence-electron chi connectivity index (χ4n) is 1.78. The van der Waals surface area contributed by atoms with E-state index in [9.17, 15) is 4.79 Å². The summed E-state index contributed by atoms with van der Waals surface area (Å²) in [4.78, 5) is 12.2. The van der Waals surface area contributed by atoms with Gasteiger partial charge in [-0.1, -0.05) is 41.4 Å². The third-order valence-corrected chi connectivity index (χ3v) is 3.61. The molecule has 0 aliphatic rings. The van der Waals surface area contributed by atoms with Gasteiger partial charge in [0.15, 0.2) is 5.11 Å².